The van der Waals surface area contributed by atoms with Crippen molar-refractivity contribution in [3.05, 3.63) is 64.2 Å². The van der Waals surface area contributed by atoms with E-state index in [-0.39, 0.29) is 12.5 Å². The summed E-state index contributed by atoms with van der Waals surface area (Å²) in [5.74, 6) is -0.0747. The van der Waals surface area contributed by atoms with Gasteiger partial charge in [0.15, 0.2) is 0 Å². The average molecular weight is 415 g/mol. The lowest BCUT2D eigenvalue weighted by Crippen LogP contribution is -2.31. The number of carbonyl (C=O) groups excluding carboxylic acids is 1. The number of benzene rings is 2. The van der Waals surface area contributed by atoms with Crippen LogP contribution in [0, 0.1) is 0 Å². The standard InChI is InChI=1S/C24H31ClN2O2/c25-21-11-12-23(27-15-5-3-1-2-4-6-16-27)22(17-21)24(29)26-14-13-19-7-9-20(18-28)10-8-19/h7-12,17,28H,1-6,13-16,18H2,(H,26,29). The fourth-order valence-electron chi connectivity index (χ4n) is 3.86. The maximum absolute atomic E-state index is 12.9. The van der Waals surface area contributed by atoms with Crippen LogP contribution in [0.15, 0.2) is 42.5 Å². The summed E-state index contributed by atoms with van der Waals surface area (Å²) in [6, 6.07) is 13.5. The number of carbonyl (C=O) groups is 1. The SMILES string of the molecule is O=C(NCCc1ccc(CO)cc1)c1cc(Cl)ccc1N1CCCCCCCC1. The number of amides is 1. The Balaban J connectivity index is 1.66. The first-order valence-electron chi connectivity index (χ1n) is 10.7. The second-order valence-corrected chi connectivity index (χ2v) is 8.19. The van der Waals surface area contributed by atoms with Crippen molar-refractivity contribution in [2.24, 2.45) is 0 Å². The Kier molecular flexibility index (Phi) is 8.38. The van der Waals surface area contributed by atoms with Crippen molar-refractivity contribution in [3.63, 3.8) is 0 Å². The number of halogens is 1. The van der Waals surface area contributed by atoms with Crippen LogP contribution in [-0.2, 0) is 13.0 Å². The van der Waals surface area contributed by atoms with Gasteiger partial charge in [-0.25, -0.2) is 0 Å². The highest BCUT2D eigenvalue weighted by Gasteiger charge is 2.17. The van der Waals surface area contributed by atoms with Gasteiger partial charge in [-0.15, -0.1) is 0 Å². The van der Waals surface area contributed by atoms with E-state index in [0.29, 0.717) is 17.1 Å². The van der Waals surface area contributed by atoms with Crippen LogP contribution in [0.4, 0.5) is 5.69 Å². The molecule has 1 amide bonds. The van der Waals surface area contributed by atoms with E-state index in [1.165, 1.54) is 25.7 Å². The van der Waals surface area contributed by atoms with E-state index in [0.717, 1.165) is 49.2 Å². The molecule has 1 aliphatic rings. The van der Waals surface area contributed by atoms with Crippen molar-refractivity contribution in [3.8, 4) is 0 Å². The second-order valence-electron chi connectivity index (χ2n) is 7.75. The topological polar surface area (TPSA) is 52.6 Å². The third-order valence-corrected chi connectivity index (χ3v) is 5.79. The molecule has 0 saturated carbocycles. The van der Waals surface area contributed by atoms with Gasteiger partial charge in [0.1, 0.15) is 0 Å². The van der Waals surface area contributed by atoms with Crippen molar-refractivity contribution in [1.29, 1.82) is 0 Å². The van der Waals surface area contributed by atoms with E-state index >= 15 is 0 Å². The van der Waals surface area contributed by atoms with Gasteiger partial charge >= 0.3 is 0 Å². The molecule has 0 bridgehead atoms. The lowest BCUT2D eigenvalue weighted by atomic mass is 10.1. The number of nitrogens with zero attached hydrogens (tertiary/aromatic N) is 1. The van der Waals surface area contributed by atoms with Crippen LogP contribution in [0.5, 0.6) is 0 Å². The normalized spacial score (nSPS) is 15.3. The molecule has 0 radical (unpaired) electrons. The van der Waals surface area contributed by atoms with E-state index in [2.05, 4.69) is 10.2 Å². The van der Waals surface area contributed by atoms with Gasteiger partial charge in [0.2, 0.25) is 0 Å². The van der Waals surface area contributed by atoms with Crippen molar-refractivity contribution < 1.29 is 9.90 Å². The third-order valence-electron chi connectivity index (χ3n) is 5.55. The lowest BCUT2D eigenvalue weighted by Gasteiger charge is -2.26. The van der Waals surface area contributed by atoms with E-state index < -0.39 is 0 Å². The van der Waals surface area contributed by atoms with Crippen LogP contribution >= 0.6 is 11.6 Å². The summed E-state index contributed by atoms with van der Waals surface area (Å²) < 4.78 is 0. The molecule has 1 fully saturated rings. The van der Waals surface area contributed by atoms with Crippen LogP contribution in [0.1, 0.15) is 60.0 Å². The van der Waals surface area contributed by atoms with Crippen LogP contribution in [0.2, 0.25) is 5.02 Å². The monoisotopic (exact) mass is 414 g/mol. The van der Waals surface area contributed by atoms with E-state index in [9.17, 15) is 4.79 Å². The maximum atomic E-state index is 12.9. The summed E-state index contributed by atoms with van der Waals surface area (Å²) in [6.07, 6.45) is 8.18. The van der Waals surface area contributed by atoms with E-state index in [1.54, 1.807) is 6.07 Å². The van der Waals surface area contributed by atoms with Gasteiger partial charge in [0.25, 0.3) is 5.91 Å². The number of nitrogens with one attached hydrogen (secondary N) is 1. The molecule has 0 aromatic heterocycles. The summed E-state index contributed by atoms with van der Waals surface area (Å²) in [5.41, 5.74) is 3.67. The molecule has 0 unspecified atom stereocenters. The van der Waals surface area contributed by atoms with Crippen molar-refractivity contribution in [2.45, 2.75) is 51.6 Å². The van der Waals surface area contributed by atoms with Crippen molar-refractivity contribution in [1.82, 2.24) is 5.32 Å². The van der Waals surface area contributed by atoms with Crippen LogP contribution in [0.25, 0.3) is 0 Å². The molecule has 1 heterocycles. The minimum absolute atomic E-state index is 0.0467. The number of aliphatic hydroxyl groups is 1. The Morgan fingerprint density at radius 2 is 1.55 bits per heavy atom. The molecule has 2 aromatic carbocycles. The fourth-order valence-corrected chi connectivity index (χ4v) is 4.03. The molecule has 0 spiro atoms. The molecule has 156 valence electrons. The van der Waals surface area contributed by atoms with Gasteiger partial charge in [-0.3, -0.25) is 4.79 Å². The van der Waals surface area contributed by atoms with Crippen molar-refractivity contribution >= 4 is 23.2 Å². The maximum Gasteiger partial charge on any atom is 0.253 e. The quantitative estimate of drug-likeness (QED) is 0.701. The zero-order valence-electron chi connectivity index (χ0n) is 17.0. The van der Waals surface area contributed by atoms with Gasteiger partial charge in [-0.2, -0.15) is 0 Å². The van der Waals surface area contributed by atoms with Gasteiger partial charge < -0.3 is 15.3 Å². The number of hydrogen-bond acceptors (Lipinski definition) is 3. The summed E-state index contributed by atoms with van der Waals surface area (Å²) in [7, 11) is 0. The highest BCUT2D eigenvalue weighted by Crippen LogP contribution is 2.26. The summed E-state index contributed by atoms with van der Waals surface area (Å²) >= 11 is 6.22. The van der Waals surface area contributed by atoms with Gasteiger partial charge in [-0.05, 0) is 48.6 Å². The number of rotatable bonds is 6. The molecule has 4 nitrogen and oxygen atoms in total. The highest BCUT2D eigenvalue weighted by molar-refractivity contribution is 6.31. The van der Waals surface area contributed by atoms with Crippen LogP contribution in [0.3, 0.4) is 0 Å². The van der Waals surface area contributed by atoms with E-state index in [1.807, 2.05) is 36.4 Å². The first-order valence-corrected chi connectivity index (χ1v) is 11.1. The Bertz CT molecular complexity index is 782. The minimum atomic E-state index is -0.0747. The second kappa shape index (κ2) is 11.2. The molecular weight excluding hydrogens is 384 g/mol. The molecule has 1 aliphatic heterocycles. The molecule has 5 heteroatoms. The summed E-state index contributed by atoms with van der Waals surface area (Å²) in [4.78, 5) is 15.3. The molecule has 2 N–H and O–H groups in total. The van der Waals surface area contributed by atoms with Gasteiger partial charge in [-0.1, -0.05) is 61.5 Å². The molecule has 1 saturated heterocycles. The Labute approximate surface area is 178 Å². The molecule has 29 heavy (non-hydrogen) atoms. The molecule has 0 atom stereocenters. The van der Waals surface area contributed by atoms with Crippen LogP contribution in [-0.4, -0.2) is 30.6 Å². The summed E-state index contributed by atoms with van der Waals surface area (Å²) in [5, 5.41) is 12.8. The first kappa shape index (κ1) is 21.7. The van der Waals surface area contributed by atoms with E-state index in [4.69, 9.17) is 16.7 Å². The third kappa shape index (κ3) is 6.48. The fraction of sp³-hybridized carbons (Fsp3) is 0.458. The molecule has 3 rings (SSSR count). The predicted molar refractivity (Wildman–Crippen MR) is 120 cm³/mol. The lowest BCUT2D eigenvalue weighted by molar-refractivity contribution is 0.0954. The largest absolute Gasteiger partial charge is 0.392 e. The van der Waals surface area contributed by atoms with Crippen LogP contribution < -0.4 is 10.2 Å². The number of aliphatic hydroxyl groups excluding tert-OH is 1. The predicted octanol–water partition coefficient (Wildman–Crippen LogP) is 4.97. The number of hydrogen-bond donors (Lipinski definition) is 2. The first-order chi connectivity index (χ1) is 14.2. The highest BCUT2D eigenvalue weighted by atomic mass is 35.5. The zero-order chi connectivity index (χ0) is 20.5. The van der Waals surface area contributed by atoms with Gasteiger partial charge in [0, 0.05) is 30.3 Å². The molecular formula is C24H31ClN2O2. The minimum Gasteiger partial charge on any atom is -0.392 e. The average Bonchev–Trinajstić information content (AvgIpc) is 2.88. The zero-order valence-corrected chi connectivity index (χ0v) is 17.8. The molecule has 2 aromatic rings. The van der Waals surface area contributed by atoms with Gasteiger partial charge in [0.05, 0.1) is 12.2 Å². The Hall–Kier alpha value is -2.04. The summed E-state index contributed by atoms with van der Waals surface area (Å²) in [6.45, 7) is 2.58. The Morgan fingerprint density at radius 3 is 2.21 bits per heavy atom. The number of anilines is 1. The Morgan fingerprint density at radius 1 is 0.931 bits per heavy atom. The smallest absolute Gasteiger partial charge is 0.253 e. The molecule has 0 aliphatic carbocycles. The van der Waals surface area contributed by atoms with Crippen molar-refractivity contribution in [2.75, 3.05) is 24.5 Å².